The quantitative estimate of drug-likeness (QED) is 0.799. The van der Waals surface area contributed by atoms with Gasteiger partial charge in [0.1, 0.15) is 18.4 Å². The van der Waals surface area contributed by atoms with Crippen LogP contribution in [-0.4, -0.2) is 30.6 Å². The Morgan fingerprint density at radius 1 is 1.44 bits per heavy atom. The Bertz CT molecular complexity index is 425. The van der Waals surface area contributed by atoms with Gasteiger partial charge in [0.2, 0.25) is 0 Å². The van der Waals surface area contributed by atoms with Gasteiger partial charge in [-0.05, 0) is 37.9 Å². The standard InChI is InChI=1S/C15H20N2O/c1-2-14-7-5-9-17(14)10-11-18-15-8-4-3-6-13(15)12-16/h3-4,6,8,14H,2,5,7,9-11H2,1H3. The fraction of sp³-hybridized carbons (Fsp3) is 0.533. The maximum absolute atomic E-state index is 8.97. The van der Waals surface area contributed by atoms with Gasteiger partial charge in [-0.15, -0.1) is 0 Å². The maximum atomic E-state index is 8.97. The third-order valence-corrected chi connectivity index (χ3v) is 3.61. The average molecular weight is 244 g/mol. The molecule has 1 unspecified atom stereocenters. The van der Waals surface area contributed by atoms with Crippen LogP contribution in [0.5, 0.6) is 5.75 Å². The number of benzene rings is 1. The maximum Gasteiger partial charge on any atom is 0.137 e. The van der Waals surface area contributed by atoms with Crippen molar-refractivity contribution in [3.63, 3.8) is 0 Å². The number of hydrogen-bond donors (Lipinski definition) is 0. The van der Waals surface area contributed by atoms with Crippen molar-refractivity contribution in [2.45, 2.75) is 32.2 Å². The van der Waals surface area contributed by atoms with Crippen LogP contribution in [0, 0.1) is 11.3 Å². The van der Waals surface area contributed by atoms with Crippen molar-refractivity contribution in [1.29, 1.82) is 5.26 Å². The zero-order valence-electron chi connectivity index (χ0n) is 10.9. The highest BCUT2D eigenvalue weighted by molar-refractivity contribution is 5.42. The van der Waals surface area contributed by atoms with E-state index in [1.807, 2.05) is 18.2 Å². The molecule has 0 saturated carbocycles. The van der Waals surface area contributed by atoms with E-state index in [2.05, 4.69) is 17.9 Å². The molecule has 0 N–H and O–H groups in total. The summed E-state index contributed by atoms with van der Waals surface area (Å²) in [7, 11) is 0. The fourth-order valence-corrected chi connectivity index (χ4v) is 2.61. The summed E-state index contributed by atoms with van der Waals surface area (Å²) in [5.41, 5.74) is 0.617. The lowest BCUT2D eigenvalue weighted by atomic mass is 10.2. The van der Waals surface area contributed by atoms with Crippen molar-refractivity contribution in [1.82, 2.24) is 4.90 Å². The summed E-state index contributed by atoms with van der Waals surface area (Å²) in [5.74, 6) is 0.701. The topological polar surface area (TPSA) is 36.3 Å². The summed E-state index contributed by atoms with van der Waals surface area (Å²) in [6, 6.07) is 10.3. The largest absolute Gasteiger partial charge is 0.491 e. The molecule has 0 aromatic heterocycles. The highest BCUT2D eigenvalue weighted by Crippen LogP contribution is 2.20. The first-order valence-electron chi connectivity index (χ1n) is 6.71. The smallest absolute Gasteiger partial charge is 0.137 e. The van der Waals surface area contributed by atoms with Crippen LogP contribution >= 0.6 is 0 Å². The minimum absolute atomic E-state index is 0.617. The molecule has 0 aliphatic carbocycles. The van der Waals surface area contributed by atoms with Gasteiger partial charge in [0.25, 0.3) is 0 Å². The van der Waals surface area contributed by atoms with Crippen LogP contribution < -0.4 is 4.74 Å². The Balaban J connectivity index is 1.83. The summed E-state index contributed by atoms with van der Waals surface area (Å²) >= 11 is 0. The van der Waals surface area contributed by atoms with Crippen molar-refractivity contribution in [3.8, 4) is 11.8 Å². The SMILES string of the molecule is CCC1CCCN1CCOc1ccccc1C#N. The molecule has 96 valence electrons. The second-order valence-corrected chi connectivity index (χ2v) is 4.70. The van der Waals surface area contributed by atoms with Crippen LogP contribution in [0.2, 0.25) is 0 Å². The summed E-state index contributed by atoms with van der Waals surface area (Å²) in [5, 5.41) is 8.97. The van der Waals surface area contributed by atoms with Crippen molar-refractivity contribution < 1.29 is 4.74 Å². The Labute approximate surface area is 109 Å². The van der Waals surface area contributed by atoms with Crippen LogP contribution in [0.1, 0.15) is 31.7 Å². The van der Waals surface area contributed by atoms with Crippen LogP contribution in [0.25, 0.3) is 0 Å². The third kappa shape index (κ3) is 3.02. The predicted molar refractivity (Wildman–Crippen MR) is 71.5 cm³/mol. The minimum atomic E-state index is 0.617. The third-order valence-electron chi connectivity index (χ3n) is 3.61. The molecule has 1 fully saturated rings. The van der Waals surface area contributed by atoms with E-state index in [0.717, 1.165) is 12.6 Å². The van der Waals surface area contributed by atoms with Crippen LogP contribution in [-0.2, 0) is 0 Å². The molecule has 0 radical (unpaired) electrons. The van der Waals surface area contributed by atoms with Gasteiger partial charge in [0.15, 0.2) is 0 Å². The molecule has 1 heterocycles. The molecule has 0 spiro atoms. The van der Waals surface area contributed by atoms with Crippen molar-refractivity contribution >= 4 is 0 Å². The minimum Gasteiger partial charge on any atom is -0.491 e. The normalized spacial score (nSPS) is 19.7. The van der Waals surface area contributed by atoms with Crippen LogP contribution in [0.3, 0.4) is 0 Å². The molecule has 1 aliphatic heterocycles. The van der Waals surface area contributed by atoms with E-state index in [1.165, 1.54) is 25.8 Å². The van der Waals surface area contributed by atoms with Gasteiger partial charge < -0.3 is 4.74 Å². The first-order valence-corrected chi connectivity index (χ1v) is 6.71. The van der Waals surface area contributed by atoms with Gasteiger partial charge in [-0.25, -0.2) is 0 Å². The van der Waals surface area contributed by atoms with Gasteiger partial charge in [-0.2, -0.15) is 5.26 Å². The molecule has 3 nitrogen and oxygen atoms in total. The van der Waals surface area contributed by atoms with E-state index in [9.17, 15) is 0 Å². The summed E-state index contributed by atoms with van der Waals surface area (Å²) < 4.78 is 5.72. The molecule has 1 aromatic carbocycles. The Hall–Kier alpha value is -1.53. The number of hydrogen-bond acceptors (Lipinski definition) is 3. The highest BCUT2D eigenvalue weighted by atomic mass is 16.5. The van der Waals surface area contributed by atoms with Gasteiger partial charge in [-0.1, -0.05) is 19.1 Å². The second-order valence-electron chi connectivity index (χ2n) is 4.70. The van der Waals surface area contributed by atoms with E-state index in [1.54, 1.807) is 6.07 Å². The van der Waals surface area contributed by atoms with E-state index in [-0.39, 0.29) is 0 Å². The molecule has 18 heavy (non-hydrogen) atoms. The van der Waals surface area contributed by atoms with E-state index >= 15 is 0 Å². The van der Waals surface area contributed by atoms with Gasteiger partial charge in [0.05, 0.1) is 5.56 Å². The second kappa shape index (κ2) is 6.42. The van der Waals surface area contributed by atoms with Gasteiger partial charge in [-0.3, -0.25) is 4.90 Å². The Morgan fingerprint density at radius 3 is 3.06 bits per heavy atom. The molecule has 0 bridgehead atoms. The summed E-state index contributed by atoms with van der Waals surface area (Å²) in [6.45, 7) is 5.05. The van der Waals surface area contributed by atoms with E-state index < -0.39 is 0 Å². The lowest BCUT2D eigenvalue weighted by molar-refractivity contribution is 0.193. The molecule has 1 saturated heterocycles. The van der Waals surface area contributed by atoms with Crippen molar-refractivity contribution in [3.05, 3.63) is 29.8 Å². The predicted octanol–water partition coefficient (Wildman–Crippen LogP) is 2.81. The van der Waals surface area contributed by atoms with Crippen molar-refractivity contribution in [2.24, 2.45) is 0 Å². The lowest BCUT2D eigenvalue weighted by Gasteiger charge is -2.23. The number of likely N-dealkylation sites (tertiary alicyclic amines) is 1. The van der Waals surface area contributed by atoms with Gasteiger partial charge in [0, 0.05) is 12.6 Å². The molecule has 1 aromatic rings. The zero-order valence-corrected chi connectivity index (χ0v) is 10.9. The molecule has 1 atom stereocenters. The Morgan fingerprint density at radius 2 is 2.28 bits per heavy atom. The fourth-order valence-electron chi connectivity index (χ4n) is 2.61. The van der Waals surface area contributed by atoms with Gasteiger partial charge >= 0.3 is 0 Å². The number of rotatable bonds is 5. The Kier molecular flexibility index (Phi) is 4.60. The number of para-hydroxylation sites is 1. The highest BCUT2D eigenvalue weighted by Gasteiger charge is 2.22. The van der Waals surface area contributed by atoms with E-state index in [4.69, 9.17) is 10.00 Å². The number of ether oxygens (including phenoxy) is 1. The summed E-state index contributed by atoms with van der Waals surface area (Å²) in [6.07, 6.45) is 3.83. The summed E-state index contributed by atoms with van der Waals surface area (Å²) in [4.78, 5) is 2.50. The zero-order chi connectivity index (χ0) is 12.8. The van der Waals surface area contributed by atoms with Crippen molar-refractivity contribution in [2.75, 3.05) is 19.7 Å². The molecular weight excluding hydrogens is 224 g/mol. The molecule has 1 aliphatic rings. The number of nitrogens with zero attached hydrogens (tertiary/aromatic N) is 2. The van der Waals surface area contributed by atoms with Crippen LogP contribution in [0.4, 0.5) is 0 Å². The molecule has 0 amide bonds. The monoisotopic (exact) mass is 244 g/mol. The van der Waals surface area contributed by atoms with Crippen LogP contribution in [0.15, 0.2) is 24.3 Å². The first kappa shape index (κ1) is 12.9. The first-order chi connectivity index (χ1) is 8.85. The number of nitriles is 1. The molecule has 3 heteroatoms. The van der Waals surface area contributed by atoms with E-state index in [0.29, 0.717) is 17.9 Å². The molecule has 2 rings (SSSR count). The molecular formula is C15H20N2O. The average Bonchev–Trinajstić information content (AvgIpc) is 2.87. The lowest BCUT2D eigenvalue weighted by Crippen LogP contribution is -2.32.